The summed E-state index contributed by atoms with van der Waals surface area (Å²) in [4.78, 5) is 17.0. The summed E-state index contributed by atoms with van der Waals surface area (Å²) in [6.45, 7) is 3.14. The smallest absolute Gasteiger partial charge is 0.223 e. The maximum atomic E-state index is 12.6. The zero-order chi connectivity index (χ0) is 15.5. The molecule has 1 atom stereocenters. The van der Waals surface area contributed by atoms with Gasteiger partial charge in [-0.05, 0) is 63.0 Å². The van der Waals surface area contributed by atoms with Gasteiger partial charge in [-0.25, -0.2) is 0 Å². The van der Waals surface area contributed by atoms with Crippen molar-refractivity contribution in [2.24, 2.45) is 5.92 Å². The van der Waals surface area contributed by atoms with Crippen LogP contribution in [0.2, 0.25) is 0 Å². The molecule has 0 N–H and O–H groups in total. The summed E-state index contributed by atoms with van der Waals surface area (Å²) >= 11 is 0. The van der Waals surface area contributed by atoms with Gasteiger partial charge in [0.05, 0.1) is 13.2 Å². The molecule has 120 valence electrons. The second-order valence-corrected chi connectivity index (χ2v) is 6.62. The minimum absolute atomic E-state index is 0.244. The van der Waals surface area contributed by atoms with E-state index < -0.39 is 0 Å². The second-order valence-electron chi connectivity index (χ2n) is 6.62. The van der Waals surface area contributed by atoms with Crippen molar-refractivity contribution >= 4 is 5.91 Å². The summed E-state index contributed by atoms with van der Waals surface area (Å²) in [5.74, 6) is 1.76. The summed E-state index contributed by atoms with van der Waals surface area (Å²) < 4.78 is 5.29. The number of hydrogen-bond acceptors (Lipinski definition) is 3. The molecule has 3 rings (SSSR count). The van der Waals surface area contributed by atoms with Crippen LogP contribution in [0.15, 0.2) is 24.3 Å². The first kappa shape index (κ1) is 15.3. The fourth-order valence-electron chi connectivity index (χ4n) is 3.51. The quantitative estimate of drug-likeness (QED) is 0.857. The molecule has 1 amide bonds. The van der Waals surface area contributed by atoms with Crippen molar-refractivity contribution in [1.29, 1.82) is 0 Å². The van der Waals surface area contributed by atoms with Crippen LogP contribution in [0.4, 0.5) is 0 Å². The van der Waals surface area contributed by atoms with Crippen molar-refractivity contribution in [3.05, 3.63) is 29.8 Å². The Morgan fingerprint density at radius 3 is 2.64 bits per heavy atom. The molecule has 1 aromatic rings. The summed E-state index contributed by atoms with van der Waals surface area (Å²) in [7, 11) is 3.84. The highest BCUT2D eigenvalue weighted by atomic mass is 16.5. The molecular formula is C18H26N2O2. The van der Waals surface area contributed by atoms with E-state index in [-0.39, 0.29) is 6.04 Å². The Hall–Kier alpha value is -1.55. The van der Waals surface area contributed by atoms with E-state index in [1.807, 2.05) is 17.0 Å². The molecule has 0 aliphatic carbocycles. The lowest BCUT2D eigenvalue weighted by Crippen LogP contribution is -2.46. The van der Waals surface area contributed by atoms with Gasteiger partial charge in [-0.3, -0.25) is 4.79 Å². The fourth-order valence-corrected chi connectivity index (χ4v) is 3.51. The van der Waals surface area contributed by atoms with Crippen LogP contribution in [-0.2, 0) is 4.79 Å². The minimum Gasteiger partial charge on any atom is -0.497 e. The Morgan fingerprint density at radius 2 is 2.00 bits per heavy atom. The van der Waals surface area contributed by atoms with Crippen molar-refractivity contribution < 1.29 is 9.53 Å². The minimum atomic E-state index is 0.244. The predicted octanol–water partition coefficient (Wildman–Crippen LogP) is 2.70. The summed E-state index contributed by atoms with van der Waals surface area (Å²) in [5, 5.41) is 0. The van der Waals surface area contributed by atoms with Gasteiger partial charge in [0.2, 0.25) is 5.91 Å². The number of hydrogen-bond donors (Lipinski definition) is 0. The largest absolute Gasteiger partial charge is 0.497 e. The molecule has 2 fully saturated rings. The van der Waals surface area contributed by atoms with Gasteiger partial charge in [-0.15, -0.1) is 0 Å². The maximum Gasteiger partial charge on any atom is 0.223 e. The van der Waals surface area contributed by atoms with Gasteiger partial charge in [0.1, 0.15) is 5.75 Å². The van der Waals surface area contributed by atoms with E-state index in [1.165, 1.54) is 5.56 Å². The van der Waals surface area contributed by atoms with Crippen LogP contribution in [-0.4, -0.2) is 49.5 Å². The fraction of sp³-hybridized carbons (Fsp3) is 0.611. The van der Waals surface area contributed by atoms with Gasteiger partial charge in [-0.2, -0.15) is 0 Å². The molecule has 0 saturated carbocycles. The number of carbonyl (C=O) groups is 1. The highest BCUT2D eigenvalue weighted by molar-refractivity contribution is 5.78. The lowest BCUT2D eigenvalue weighted by atomic mass is 9.90. The summed E-state index contributed by atoms with van der Waals surface area (Å²) in [6.07, 6.45) is 4.08. The molecule has 0 aromatic heterocycles. The molecule has 4 nitrogen and oxygen atoms in total. The van der Waals surface area contributed by atoms with E-state index >= 15 is 0 Å². The van der Waals surface area contributed by atoms with Gasteiger partial charge in [0.25, 0.3) is 0 Å². The van der Waals surface area contributed by atoms with Gasteiger partial charge in [0.15, 0.2) is 0 Å². The van der Waals surface area contributed by atoms with Gasteiger partial charge >= 0.3 is 0 Å². The van der Waals surface area contributed by atoms with Crippen LogP contribution >= 0.6 is 0 Å². The van der Waals surface area contributed by atoms with E-state index in [0.717, 1.165) is 44.6 Å². The molecule has 2 heterocycles. The van der Waals surface area contributed by atoms with Gasteiger partial charge < -0.3 is 14.5 Å². The lowest BCUT2D eigenvalue weighted by molar-refractivity contribution is -0.140. The molecular weight excluding hydrogens is 276 g/mol. The highest BCUT2D eigenvalue weighted by Crippen LogP contribution is 2.36. The number of likely N-dealkylation sites (tertiary alicyclic amines) is 2. The van der Waals surface area contributed by atoms with Crippen molar-refractivity contribution in [3.8, 4) is 5.75 Å². The molecule has 0 spiro atoms. The topological polar surface area (TPSA) is 32.8 Å². The van der Waals surface area contributed by atoms with Crippen molar-refractivity contribution in [2.75, 3.05) is 33.8 Å². The van der Waals surface area contributed by atoms with Crippen LogP contribution in [0.25, 0.3) is 0 Å². The van der Waals surface area contributed by atoms with E-state index in [1.54, 1.807) is 7.11 Å². The first-order valence-electron chi connectivity index (χ1n) is 8.29. The Morgan fingerprint density at radius 1 is 1.23 bits per heavy atom. The average molecular weight is 302 g/mol. The molecule has 22 heavy (non-hydrogen) atoms. The van der Waals surface area contributed by atoms with Crippen molar-refractivity contribution in [1.82, 2.24) is 9.80 Å². The number of benzene rings is 1. The summed E-state index contributed by atoms with van der Waals surface area (Å²) in [6, 6.07) is 8.36. The lowest BCUT2D eigenvalue weighted by Gasteiger charge is -2.42. The molecule has 2 aliphatic heterocycles. The predicted molar refractivity (Wildman–Crippen MR) is 86.9 cm³/mol. The standard InChI is InChI=1S/C18H26N2O2/c1-19-9-6-14(7-10-19)12-18(21)20-11-8-17(20)15-4-3-5-16(13-15)22-2/h3-5,13-14,17H,6-12H2,1-2H3/t17-/m0/s1. The molecule has 0 radical (unpaired) electrons. The number of carbonyl (C=O) groups excluding carboxylic acids is 1. The SMILES string of the molecule is COc1cccc([C@@H]2CCN2C(=O)CC2CCN(C)CC2)c1. The van der Waals surface area contributed by atoms with Crippen molar-refractivity contribution in [3.63, 3.8) is 0 Å². The Balaban J connectivity index is 1.59. The molecule has 2 aliphatic rings. The number of rotatable bonds is 4. The third kappa shape index (κ3) is 3.27. The third-order valence-corrected chi connectivity index (χ3v) is 5.12. The van der Waals surface area contributed by atoms with Gasteiger partial charge in [-0.1, -0.05) is 12.1 Å². The first-order valence-corrected chi connectivity index (χ1v) is 8.29. The van der Waals surface area contributed by atoms with Crippen molar-refractivity contribution in [2.45, 2.75) is 31.7 Å². The molecule has 0 bridgehead atoms. The summed E-state index contributed by atoms with van der Waals surface area (Å²) in [5.41, 5.74) is 1.20. The average Bonchev–Trinajstić information content (AvgIpc) is 2.49. The zero-order valence-corrected chi connectivity index (χ0v) is 13.6. The monoisotopic (exact) mass is 302 g/mol. The number of piperidine rings is 1. The number of amides is 1. The van der Waals surface area contributed by atoms with Gasteiger partial charge in [0, 0.05) is 13.0 Å². The second kappa shape index (κ2) is 6.69. The first-order chi connectivity index (χ1) is 10.7. The molecule has 1 aromatic carbocycles. The zero-order valence-electron chi connectivity index (χ0n) is 13.6. The maximum absolute atomic E-state index is 12.6. The van der Waals surface area contributed by atoms with E-state index in [2.05, 4.69) is 24.1 Å². The Labute approximate surface area is 133 Å². The van der Waals surface area contributed by atoms with Crippen LogP contribution < -0.4 is 4.74 Å². The number of methoxy groups -OCH3 is 1. The van der Waals surface area contributed by atoms with E-state index in [9.17, 15) is 4.79 Å². The van der Waals surface area contributed by atoms with E-state index in [0.29, 0.717) is 18.2 Å². The normalized spacial score (nSPS) is 23.2. The van der Waals surface area contributed by atoms with Crippen LogP contribution in [0, 0.1) is 5.92 Å². The molecule has 0 unspecified atom stereocenters. The van der Waals surface area contributed by atoms with Crippen LogP contribution in [0.3, 0.4) is 0 Å². The Kier molecular flexibility index (Phi) is 4.67. The molecule has 4 heteroatoms. The van der Waals surface area contributed by atoms with Crippen LogP contribution in [0.5, 0.6) is 5.75 Å². The Bertz CT molecular complexity index is 524. The number of ether oxygens (including phenoxy) is 1. The van der Waals surface area contributed by atoms with E-state index in [4.69, 9.17) is 4.74 Å². The molecule has 2 saturated heterocycles. The van der Waals surface area contributed by atoms with Crippen LogP contribution in [0.1, 0.15) is 37.3 Å². The highest BCUT2D eigenvalue weighted by Gasteiger charge is 2.34. The number of nitrogens with zero attached hydrogens (tertiary/aromatic N) is 2. The third-order valence-electron chi connectivity index (χ3n) is 5.12.